The van der Waals surface area contributed by atoms with Crippen LogP contribution in [0.1, 0.15) is 76.3 Å². The van der Waals surface area contributed by atoms with E-state index in [-0.39, 0.29) is 51.9 Å². The number of carbonyl (C=O) groups is 1. The molecule has 0 saturated heterocycles. The Balaban J connectivity index is 1.72. The van der Waals surface area contributed by atoms with Crippen LogP contribution < -0.4 is 4.90 Å². The topological polar surface area (TPSA) is 300 Å². The Bertz CT molecular complexity index is 2690. The number of aliphatic carboxylic acids is 1. The zero-order chi connectivity index (χ0) is 49.7. The van der Waals surface area contributed by atoms with Crippen LogP contribution in [0.25, 0.3) is 0 Å². The van der Waals surface area contributed by atoms with E-state index in [2.05, 4.69) is 0 Å². The maximum absolute atomic E-state index is 12.1. The van der Waals surface area contributed by atoms with Crippen LogP contribution in [0.3, 0.4) is 0 Å². The highest BCUT2D eigenvalue weighted by molar-refractivity contribution is 7.86. The highest BCUT2D eigenvalue weighted by Crippen LogP contribution is 2.51. The average molecular weight is 1010 g/mol. The number of methoxy groups -OCH3 is 1. The first-order valence-electron chi connectivity index (χ1n) is 21.4. The third-order valence-electron chi connectivity index (χ3n) is 11.6. The number of carboxylic acid groups (broad SMARTS) is 1. The summed E-state index contributed by atoms with van der Waals surface area (Å²) in [5.74, 6) is -2.30. The van der Waals surface area contributed by atoms with Gasteiger partial charge in [-0.15, -0.1) is 0 Å². The van der Waals surface area contributed by atoms with Crippen LogP contribution in [0.5, 0.6) is 0 Å². The number of rotatable bonds is 29. The summed E-state index contributed by atoms with van der Waals surface area (Å²) < 4.78 is 161. The van der Waals surface area contributed by atoms with Gasteiger partial charge in [0.1, 0.15) is 26.8 Å². The van der Waals surface area contributed by atoms with Crippen LogP contribution in [0, 0.1) is 0 Å². The van der Waals surface area contributed by atoms with Gasteiger partial charge in [0.05, 0.1) is 68.5 Å². The van der Waals surface area contributed by atoms with E-state index in [4.69, 9.17) is 19.3 Å². The molecule has 23 heteroatoms. The normalized spacial score (nSPS) is 19.7. The molecule has 0 amide bonds. The SMILES string of the molecule is COCCOCCOCCN1/C(=C/C=C/C=C/C=C/C2=[N+](CCCCCC(=O)O)c3ccc(S(=O)(=O)[O-])cc3C2(C)CCCS(=O)(=O)[O-])C(C)(CCCS(=O)(=O)[O-])c2cc(S(=O)(=O)[O-])ccc21. The van der Waals surface area contributed by atoms with Gasteiger partial charge in [-0.05, 0) is 94.3 Å². The molecule has 2 unspecified atom stereocenters. The fourth-order valence-electron chi connectivity index (χ4n) is 8.42. The van der Waals surface area contributed by atoms with Crippen molar-refractivity contribution in [3.63, 3.8) is 0 Å². The van der Waals surface area contributed by atoms with E-state index in [1.54, 1.807) is 63.5 Å². The summed E-state index contributed by atoms with van der Waals surface area (Å²) in [6, 6.07) is 7.90. The molecule has 67 heavy (non-hydrogen) atoms. The lowest BCUT2D eigenvalue weighted by molar-refractivity contribution is -0.438. The number of benzene rings is 2. The number of hydrogen-bond donors (Lipinski definition) is 1. The fraction of sp³-hybridized carbons (Fsp3) is 0.500. The molecule has 0 fully saturated rings. The molecule has 372 valence electrons. The molecule has 2 heterocycles. The molecule has 0 aromatic heterocycles. The molecule has 4 rings (SSSR count). The Morgan fingerprint density at radius 1 is 0.687 bits per heavy atom. The van der Waals surface area contributed by atoms with Gasteiger partial charge in [-0.25, -0.2) is 33.7 Å². The zero-order valence-electron chi connectivity index (χ0n) is 37.5. The number of hydrogen-bond acceptors (Lipinski definition) is 17. The van der Waals surface area contributed by atoms with Gasteiger partial charge in [0.15, 0.2) is 5.71 Å². The third kappa shape index (κ3) is 16.0. The predicted molar refractivity (Wildman–Crippen MR) is 243 cm³/mol. The van der Waals surface area contributed by atoms with Crippen LogP contribution in [0.15, 0.2) is 94.4 Å². The minimum absolute atomic E-state index is 0.0307. The number of ether oxygens (including phenoxy) is 3. The summed E-state index contributed by atoms with van der Waals surface area (Å²) >= 11 is 0. The third-order valence-corrected chi connectivity index (χ3v) is 14.9. The standard InChI is InChI=1S/C44H60N2O17S4/c1-43(21-12-30-64(49,50)51)36-32-34(66(55,56)57)17-19-38(36)45(23-11-7-10-16-42(47)48)40(43)14-8-5-4-6-9-15-41-44(2,22-13-31-65(52,53)54)37-33-35(67(58,59)60)18-20-39(37)46(41)24-25-62-28-29-63-27-26-61-3/h4-6,8-9,14-15,17-20,32-33H,7,10-13,16,21-31H2,1-3H3,(H4-,47,48,49,50,51,52,53,54,55,56,57,58,59,60)/p-3. The van der Waals surface area contributed by atoms with E-state index >= 15 is 0 Å². The van der Waals surface area contributed by atoms with Gasteiger partial charge in [0.2, 0.25) is 5.69 Å². The Morgan fingerprint density at radius 3 is 1.84 bits per heavy atom. The average Bonchev–Trinajstić information content (AvgIpc) is 3.59. The van der Waals surface area contributed by atoms with Crippen molar-refractivity contribution >= 4 is 63.5 Å². The van der Waals surface area contributed by atoms with Crippen LogP contribution in [-0.4, -0.2) is 138 Å². The van der Waals surface area contributed by atoms with Crippen molar-refractivity contribution in [1.82, 2.24) is 0 Å². The molecule has 1 N–H and O–H groups in total. The zero-order valence-corrected chi connectivity index (χ0v) is 40.8. The summed E-state index contributed by atoms with van der Waals surface area (Å²) in [6.45, 7) is 5.67. The second-order valence-corrected chi connectivity index (χ2v) is 22.3. The summed E-state index contributed by atoms with van der Waals surface area (Å²) in [5.41, 5.74) is 1.04. The first-order valence-corrected chi connectivity index (χ1v) is 27.4. The molecule has 2 aliphatic rings. The molecule has 0 radical (unpaired) electrons. The van der Waals surface area contributed by atoms with E-state index in [1.807, 2.05) is 9.48 Å². The van der Waals surface area contributed by atoms with Gasteiger partial charge in [-0.3, -0.25) is 4.79 Å². The molecule has 2 atom stereocenters. The van der Waals surface area contributed by atoms with E-state index in [0.717, 1.165) is 0 Å². The second-order valence-electron chi connectivity index (χ2n) is 16.5. The quantitative estimate of drug-likeness (QED) is 0.0518. The minimum Gasteiger partial charge on any atom is -0.748 e. The number of allylic oxidation sites excluding steroid dienone is 8. The molecule has 2 aromatic rings. The van der Waals surface area contributed by atoms with Gasteiger partial charge in [0, 0.05) is 72.5 Å². The van der Waals surface area contributed by atoms with Gasteiger partial charge in [-0.1, -0.05) is 30.4 Å². The Hall–Kier alpha value is -4.14. The van der Waals surface area contributed by atoms with E-state index in [1.165, 1.54) is 36.4 Å². The van der Waals surface area contributed by atoms with Gasteiger partial charge in [-0.2, -0.15) is 4.58 Å². The lowest BCUT2D eigenvalue weighted by Crippen LogP contribution is -2.32. The molecule has 19 nitrogen and oxygen atoms in total. The van der Waals surface area contributed by atoms with Crippen molar-refractivity contribution in [3.05, 3.63) is 95.8 Å². The fourth-order valence-corrected chi connectivity index (χ4v) is 10.4. The second kappa shape index (κ2) is 23.9. The van der Waals surface area contributed by atoms with Crippen molar-refractivity contribution in [1.29, 1.82) is 0 Å². The maximum Gasteiger partial charge on any atom is 0.303 e. The van der Waals surface area contributed by atoms with Gasteiger partial charge < -0.3 is 42.4 Å². The lowest BCUT2D eigenvalue weighted by Gasteiger charge is -2.30. The highest BCUT2D eigenvalue weighted by atomic mass is 32.2. The van der Waals surface area contributed by atoms with Crippen LogP contribution in [0.2, 0.25) is 0 Å². The molecular weight excluding hydrogens is 957 g/mol. The van der Waals surface area contributed by atoms with Crippen LogP contribution in [-0.2, 0) is 70.3 Å². The van der Waals surface area contributed by atoms with Crippen LogP contribution >= 0.6 is 0 Å². The van der Waals surface area contributed by atoms with Crippen molar-refractivity contribution in [2.24, 2.45) is 0 Å². The Morgan fingerprint density at radius 2 is 1.24 bits per heavy atom. The molecule has 0 spiro atoms. The first-order chi connectivity index (χ1) is 31.3. The minimum atomic E-state index is -4.89. The summed E-state index contributed by atoms with van der Waals surface area (Å²) in [6.07, 6.45) is 13.4. The lowest BCUT2D eigenvalue weighted by atomic mass is 9.76. The summed E-state index contributed by atoms with van der Waals surface area (Å²) in [7, 11) is -17.4. The van der Waals surface area contributed by atoms with Gasteiger partial charge >= 0.3 is 5.97 Å². The highest BCUT2D eigenvalue weighted by Gasteiger charge is 2.48. The molecule has 0 bridgehead atoms. The first kappa shape index (κ1) is 55.5. The van der Waals surface area contributed by atoms with Crippen molar-refractivity contribution in [2.75, 3.05) is 69.6 Å². The van der Waals surface area contributed by atoms with Crippen molar-refractivity contribution in [2.45, 2.75) is 85.8 Å². The van der Waals surface area contributed by atoms with E-state index in [9.17, 15) is 56.7 Å². The molecule has 2 aromatic carbocycles. The largest absolute Gasteiger partial charge is 0.748 e. The van der Waals surface area contributed by atoms with Gasteiger partial charge in [0.25, 0.3) is 0 Å². The van der Waals surface area contributed by atoms with Crippen molar-refractivity contribution in [3.8, 4) is 0 Å². The molecule has 2 aliphatic heterocycles. The van der Waals surface area contributed by atoms with Crippen molar-refractivity contribution < 1.29 is 80.6 Å². The number of anilines is 1. The number of fused-ring (bicyclic) bond motifs is 2. The predicted octanol–water partition coefficient (Wildman–Crippen LogP) is 4.16. The molecule has 0 saturated carbocycles. The van der Waals surface area contributed by atoms with E-state index in [0.29, 0.717) is 79.5 Å². The number of unbranched alkanes of at least 4 members (excludes halogenated alkanes) is 2. The monoisotopic (exact) mass is 1010 g/mol. The Labute approximate surface area is 393 Å². The number of nitrogens with zero attached hydrogens (tertiary/aromatic N) is 2. The van der Waals surface area contributed by atoms with Crippen LogP contribution in [0.4, 0.5) is 11.4 Å². The number of carboxylic acids is 1. The maximum atomic E-state index is 12.1. The summed E-state index contributed by atoms with van der Waals surface area (Å²) in [4.78, 5) is 12.0. The Kier molecular flexibility index (Phi) is 19.8. The van der Waals surface area contributed by atoms with E-state index < -0.39 is 78.6 Å². The molecule has 0 aliphatic carbocycles. The summed E-state index contributed by atoms with van der Waals surface area (Å²) in [5, 5.41) is 9.11. The smallest absolute Gasteiger partial charge is 0.303 e. The molecular formula is C44H57N2O17S4-3.